The van der Waals surface area contributed by atoms with E-state index in [-0.39, 0.29) is 0 Å². The summed E-state index contributed by atoms with van der Waals surface area (Å²) in [6.07, 6.45) is 6.42. The van der Waals surface area contributed by atoms with E-state index in [0.717, 1.165) is 25.3 Å². The summed E-state index contributed by atoms with van der Waals surface area (Å²) in [5, 5.41) is 7.19. The van der Waals surface area contributed by atoms with Crippen molar-refractivity contribution >= 4 is 5.69 Å². The number of hydrogen-bond acceptors (Lipinski definition) is 3. The Kier molecular flexibility index (Phi) is 3.41. The zero-order valence-electron chi connectivity index (χ0n) is 11.1. The van der Waals surface area contributed by atoms with Crippen molar-refractivity contribution < 1.29 is 4.74 Å². The van der Waals surface area contributed by atoms with Crippen LogP contribution in [-0.2, 0) is 13.0 Å². The van der Waals surface area contributed by atoms with E-state index in [1.54, 1.807) is 7.11 Å². The number of anilines is 1. The Morgan fingerprint density at radius 1 is 1.28 bits per heavy atom. The van der Waals surface area contributed by atoms with E-state index in [2.05, 4.69) is 22.8 Å². The predicted octanol–water partition coefficient (Wildman–Crippen LogP) is 2.70. The SMILES string of the molecule is COc1ccc2c(c1NC1CCCC1)CNCC2. The predicted molar refractivity (Wildman–Crippen MR) is 74.3 cm³/mol. The number of benzene rings is 1. The summed E-state index contributed by atoms with van der Waals surface area (Å²) < 4.78 is 5.53. The minimum atomic E-state index is 0.632. The molecular weight excluding hydrogens is 224 g/mol. The van der Waals surface area contributed by atoms with E-state index in [1.807, 2.05) is 0 Å². The zero-order valence-corrected chi connectivity index (χ0v) is 11.1. The van der Waals surface area contributed by atoms with Crippen molar-refractivity contribution in [2.24, 2.45) is 0 Å². The quantitative estimate of drug-likeness (QED) is 0.860. The molecule has 0 radical (unpaired) electrons. The molecule has 0 saturated heterocycles. The van der Waals surface area contributed by atoms with Crippen molar-refractivity contribution in [2.75, 3.05) is 19.0 Å². The van der Waals surface area contributed by atoms with Crippen molar-refractivity contribution in [1.29, 1.82) is 0 Å². The standard InChI is InChI=1S/C15H22N2O/c1-18-14-7-6-11-8-9-16-10-13(11)15(14)17-12-4-2-3-5-12/h6-7,12,16-17H,2-5,8-10H2,1H3. The summed E-state index contributed by atoms with van der Waals surface area (Å²) >= 11 is 0. The summed E-state index contributed by atoms with van der Waals surface area (Å²) in [5.41, 5.74) is 4.11. The molecule has 98 valence electrons. The molecule has 2 N–H and O–H groups in total. The van der Waals surface area contributed by atoms with Crippen LogP contribution < -0.4 is 15.4 Å². The summed E-state index contributed by atoms with van der Waals surface area (Å²) in [6, 6.07) is 4.96. The van der Waals surface area contributed by atoms with Gasteiger partial charge in [0, 0.05) is 12.6 Å². The molecule has 3 rings (SSSR count). The average Bonchev–Trinajstić information content (AvgIpc) is 2.92. The molecule has 1 heterocycles. The van der Waals surface area contributed by atoms with E-state index in [0.29, 0.717) is 6.04 Å². The molecule has 1 aromatic rings. The van der Waals surface area contributed by atoms with Crippen LogP contribution in [0.2, 0.25) is 0 Å². The molecule has 1 saturated carbocycles. The van der Waals surface area contributed by atoms with Crippen LogP contribution in [0.15, 0.2) is 12.1 Å². The number of rotatable bonds is 3. The summed E-state index contributed by atoms with van der Waals surface area (Å²) in [4.78, 5) is 0. The average molecular weight is 246 g/mol. The fourth-order valence-corrected chi connectivity index (χ4v) is 3.14. The van der Waals surface area contributed by atoms with Gasteiger partial charge in [-0.25, -0.2) is 0 Å². The van der Waals surface area contributed by atoms with Crippen molar-refractivity contribution in [3.05, 3.63) is 23.3 Å². The highest BCUT2D eigenvalue weighted by Crippen LogP contribution is 2.35. The minimum absolute atomic E-state index is 0.632. The maximum atomic E-state index is 5.53. The zero-order chi connectivity index (χ0) is 12.4. The molecular formula is C15H22N2O. The fourth-order valence-electron chi connectivity index (χ4n) is 3.14. The molecule has 3 heteroatoms. The van der Waals surface area contributed by atoms with Crippen molar-refractivity contribution in [2.45, 2.75) is 44.7 Å². The van der Waals surface area contributed by atoms with Crippen molar-refractivity contribution in [3.63, 3.8) is 0 Å². The Hall–Kier alpha value is -1.22. The second-order valence-electron chi connectivity index (χ2n) is 5.33. The van der Waals surface area contributed by atoms with Gasteiger partial charge in [0.25, 0.3) is 0 Å². The lowest BCUT2D eigenvalue weighted by Gasteiger charge is -2.25. The number of hydrogen-bond donors (Lipinski definition) is 2. The topological polar surface area (TPSA) is 33.3 Å². The fraction of sp³-hybridized carbons (Fsp3) is 0.600. The van der Waals surface area contributed by atoms with E-state index >= 15 is 0 Å². The summed E-state index contributed by atoms with van der Waals surface area (Å²) in [5.74, 6) is 0.990. The molecule has 0 bridgehead atoms. The molecule has 0 aromatic heterocycles. The minimum Gasteiger partial charge on any atom is -0.495 e. The smallest absolute Gasteiger partial charge is 0.142 e. The molecule has 1 aromatic carbocycles. The van der Waals surface area contributed by atoms with Gasteiger partial charge in [-0.05, 0) is 43.0 Å². The lowest BCUT2D eigenvalue weighted by atomic mass is 9.98. The van der Waals surface area contributed by atoms with Gasteiger partial charge in [0.15, 0.2) is 0 Å². The third kappa shape index (κ3) is 2.19. The van der Waals surface area contributed by atoms with Crippen LogP contribution in [0.1, 0.15) is 36.8 Å². The van der Waals surface area contributed by atoms with E-state index in [9.17, 15) is 0 Å². The Morgan fingerprint density at radius 3 is 2.89 bits per heavy atom. The van der Waals surface area contributed by atoms with Gasteiger partial charge in [0.2, 0.25) is 0 Å². The first kappa shape index (κ1) is 11.8. The molecule has 1 aliphatic heterocycles. The molecule has 3 nitrogen and oxygen atoms in total. The highest BCUT2D eigenvalue weighted by Gasteiger charge is 2.21. The van der Waals surface area contributed by atoms with E-state index < -0.39 is 0 Å². The third-order valence-corrected chi connectivity index (χ3v) is 4.17. The van der Waals surface area contributed by atoms with E-state index in [1.165, 1.54) is 42.5 Å². The molecule has 0 spiro atoms. The second kappa shape index (κ2) is 5.19. The highest BCUT2D eigenvalue weighted by atomic mass is 16.5. The van der Waals surface area contributed by atoms with Gasteiger partial charge < -0.3 is 15.4 Å². The van der Waals surface area contributed by atoms with Crippen LogP contribution in [-0.4, -0.2) is 19.7 Å². The summed E-state index contributed by atoms with van der Waals surface area (Å²) in [6.45, 7) is 2.05. The van der Waals surface area contributed by atoms with Gasteiger partial charge in [0.1, 0.15) is 5.75 Å². The van der Waals surface area contributed by atoms with Gasteiger partial charge in [0.05, 0.1) is 12.8 Å². The van der Waals surface area contributed by atoms with Crippen LogP contribution in [0, 0.1) is 0 Å². The normalized spacial score (nSPS) is 19.6. The highest BCUT2D eigenvalue weighted by molar-refractivity contribution is 5.65. The Morgan fingerprint density at radius 2 is 2.11 bits per heavy atom. The lowest BCUT2D eigenvalue weighted by Crippen LogP contribution is -2.26. The molecule has 1 aliphatic carbocycles. The van der Waals surface area contributed by atoms with E-state index in [4.69, 9.17) is 4.74 Å². The van der Waals surface area contributed by atoms with Gasteiger partial charge in [-0.2, -0.15) is 0 Å². The Labute approximate surface area is 109 Å². The van der Waals surface area contributed by atoms with Crippen LogP contribution in [0.4, 0.5) is 5.69 Å². The molecule has 0 unspecified atom stereocenters. The first-order chi connectivity index (χ1) is 8.88. The second-order valence-corrected chi connectivity index (χ2v) is 5.33. The van der Waals surface area contributed by atoms with Crippen LogP contribution in [0.25, 0.3) is 0 Å². The van der Waals surface area contributed by atoms with Crippen LogP contribution >= 0.6 is 0 Å². The van der Waals surface area contributed by atoms with Crippen molar-refractivity contribution in [3.8, 4) is 5.75 Å². The molecule has 0 amide bonds. The molecule has 0 atom stereocenters. The van der Waals surface area contributed by atoms with Crippen molar-refractivity contribution in [1.82, 2.24) is 5.32 Å². The maximum Gasteiger partial charge on any atom is 0.142 e. The molecule has 18 heavy (non-hydrogen) atoms. The molecule has 1 fully saturated rings. The third-order valence-electron chi connectivity index (χ3n) is 4.17. The monoisotopic (exact) mass is 246 g/mol. The van der Waals surface area contributed by atoms with Crippen LogP contribution in [0.5, 0.6) is 5.75 Å². The molecule has 2 aliphatic rings. The maximum absolute atomic E-state index is 5.53. The number of methoxy groups -OCH3 is 1. The summed E-state index contributed by atoms with van der Waals surface area (Å²) in [7, 11) is 1.76. The lowest BCUT2D eigenvalue weighted by molar-refractivity contribution is 0.414. The Bertz CT molecular complexity index is 425. The number of ether oxygens (including phenoxy) is 1. The van der Waals surface area contributed by atoms with Gasteiger partial charge >= 0.3 is 0 Å². The van der Waals surface area contributed by atoms with Gasteiger partial charge in [-0.1, -0.05) is 18.9 Å². The largest absolute Gasteiger partial charge is 0.495 e. The first-order valence-electron chi connectivity index (χ1n) is 7.04. The van der Waals surface area contributed by atoms with Gasteiger partial charge in [-0.3, -0.25) is 0 Å². The van der Waals surface area contributed by atoms with Crippen LogP contribution in [0.3, 0.4) is 0 Å². The number of nitrogens with one attached hydrogen (secondary N) is 2. The van der Waals surface area contributed by atoms with Gasteiger partial charge in [-0.15, -0.1) is 0 Å². The first-order valence-corrected chi connectivity index (χ1v) is 7.04. The Balaban J connectivity index is 1.92. The number of fused-ring (bicyclic) bond motifs is 1.